The lowest BCUT2D eigenvalue weighted by Gasteiger charge is -2.34. The van der Waals surface area contributed by atoms with Gasteiger partial charge < -0.3 is 19.5 Å². The van der Waals surface area contributed by atoms with Crippen LogP contribution in [0.5, 0.6) is 5.75 Å². The van der Waals surface area contributed by atoms with Gasteiger partial charge in [0.25, 0.3) is 0 Å². The highest BCUT2D eigenvalue weighted by atomic mass is 16.5. The summed E-state index contributed by atoms with van der Waals surface area (Å²) in [5, 5.41) is 8.84. The minimum atomic E-state index is -0.868. The minimum Gasteiger partial charge on any atom is -0.494 e. The number of carboxylic acids is 1. The Morgan fingerprint density at radius 3 is 2.74 bits per heavy atom. The molecule has 27 heavy (non-hydrogen) atoms. The average Bonchev–Trinajstić information content (AvgIpc) is 2.64. The fourth-order valence-corrected chi connectivity index (χ4v) is 3.08. The number of rotatable bonds is 10. The van der Waals surface area contributed by atoms with Crippen molar-refractivity contribution in [3.8, 4) is 5.75 Å². The first-order valence-electron chi connectivity index (χ1n) is 9.49. The number of aliphatic carboxylic acids is 1. The molecule has 1 fully saturated rings. The van der Waals surface area contributed by atoms with Gasteiger partial charge in [-0.25, -0.2) is 0 Å². The number of morpholine rings is 1. The van der Waals surface area contributed by atoms with E-state index in [1.165, 1.54) is 0 Å². The second-order valence-corrected chi connectivity index (χ2v) is 6.92. The van der Waals surface area contributed by atoms with Crippen LogP contribution in [0.1, 0.15) is 25.3 Å². The Morgan fingerprint density at radius 1 is 1.33 bits per heavy atom. The molecule has 0 radical (unpaired) electrons. The maximum Gasteiger partial charge on any atom is 0.317 e. The lowest BCUT2D eigenvalue weighted by Crippen LogP contribution is -2.49. The molecule has 1 saturated heterocycles. The number of carbonyl (C=O) groups excluding carboxylic acids is 1. The van der Waals surface area contributed by atoms with Crippen LogP contribution in [-0.2, 0) is 20.7 Å². The van der Waals surface area contributed by atoms with Gasteiger partial charge in [0.2, 0.25) is 5.91 Å². The first kappa shape index (κ1) is 21.2. The second-order valence-electron chi connectivity index (χ2n) is 6.92. The molecule has 0 bridgehead atoms. The Bertz CT molecular complexity index is 605. The summed E-state index contributed by atoms with van der Waals surface area (Å²) in [5.41, 5.74) is 1.11. The van der Waals surface area contributed by atoms with Gasteiger partial charge in [-0.3, -0.25) is 14.5 Å². The summed E-state index contributed by atoms with van der Waals surface area (Å²) in [6, 6.07) is 7.89. The van der Waals surface area contributed by atoms with Gasteiger partial charge in [-0.1, -0.05) is 19.1 Å². The Morgan fingerprint density at radius 2 is 2.07 bits per heavy atom. The molecule has 0 aromatic heterocycles. The van der Waals surface area contributed by atoms with Crippen molar-refractivity contribution in [1.29, 1.82) is 0 Å². The third-order valence-electron chi connectivity index (χ3n) is 4.44. The molecule has 1 N–H and O–H groups in total. The van der Waals surface area contributed by atoms with Crippen LogP contribution >= 0.6 is 0 Å². The number of amides is 1. The Kier molecular flexibility index (Phi) is 8.54. The molecule has 2 rings (SSSR count). The molecule has 1 heterocycles. The zero-order chi connectivity index (χ0) is 19.6. The molecule has 1 aliphatic heterocycles. The topological polar surface area (TPSA) is 79.3 Å². The molecule has 1 amide bonds. The van der Waals surface area contributed by atoms with E-state index in [-0.39, 0.29) is 18.6 Å². The second kappa shape index (κ2) is 10.9. The number of carbonyl (C=O) groups is 2. The highest BCUT2D eigenvalue weighted by Crippen LogP contribution is 2.15. The van der Waals surface area contributed by atoms with Crippen LogP contribution in [0.25, 0.3) is 0 Å². The average molecular weight is 378 g/mol. The van der Waals surface area contributed by atoms with E-state index < -0.39 is 5.97 Å². The molecule has 0 saturated carbocycles. The largest absolute Gasteiger partial charge is 0.494 e. The normalized spacial score (nSPS) is 17.1. The number of benzene rings is 1. The quantitative estimate of drug-likeness (QED) is 0.667. The van der Waals surface area contributed by atoms with Crippen LogP contribution in [0.15, 0.2) is 24.3 Å². The van der Waals surface area contributed by atoms with E-state index in [9.17, 15) is 9.59 Å². The van der Waals surface area contributed by atoms with Crippen molar-refractivity contribution in [1.82, 2.24) is 9.80 Å². The SMILES string of the molecule is CCCOc1ccc(CCC(=O)N2CCOC(CN(C)CC(=O)O)C2)cc1. The maximum atomic E-state index is 12.5. The van der Waals surface area contributed by atoms with E-state index in [4.69, 9.17) is 14.6 Å². The Balaban J connectivity index is 1.77. The van der Waals surface area contributed by atoms with E-state index in [0.717, 1.165) is 17.7 Å². The number of nitrogens with zero attached hydrogens (tertiary/aromatic N) is 2. The Labute approximate surface area is 160 Å². The van der Waals surface area contributed by atoms with Crippen LogP contribution < -0.4 is 4.74 Å². The minimum absolute atomic E-state index is 0.0359. The molecular weight excluding hydrogens is 348 g/mol. The third kappa shape index (κ3) is 7.56. The van der Waals surface area contributed by atoms with Crippen molar-refractivity contribution in [3.63, 3.8) is 0 Å². The van der Waals surface area contributed by atoms with Gasteiger partial charge in [0.1, 0.15) is 5.75 Å². The standard InChI is InChI=1S/C20H30N2O5/c1-3-11-26-17-7-4-16(5-8-17)6-9-19(23)22-10-12-27-18(14-22)13-21(2)15-20(24)25/h4-5,7-8,18H,3,6,9-15H2,1-2H3,(H,24,25). The predicted octanol–water partition coefficient (Wildman–Crippen LogP) is 1.65. The Hall–Kier alpha value is -2.12. The van der Waals surface area contributed by atoms with Crippen LogP contribution in [0.2, 0.25) is 0 Å². The van der Waals surface area contributed by atoms with Crippen molar-refractivity contribution in [2.24, 2.45) is 0 Å². The predicted molar refractivity (Wildman–Crippen MR) is 102 cm³/mol. The van der Waals surface area contributed by atoms with Gasteiger partial charge in [0.05, 0.1) is 25.9 Å². The molecule has 1 aliphatic rings. The van der Waals surface area contributed by atoms with Crippen LogP contribution in [0, 0.1) is 0 Å². The summed E-state index contributed by atoms with van der Waals surface area (Å²) >= 11 is 0. The maximum absolute atomic E-state index is 12.5. The monoisotopic (exact) mass is 378 g/mol. The summed E-state index contributed by atoms with van der Waals surface area (Å²) in [6.45, 7) is 4.81. The van der Waals surface area contributed by atoms with Crippen LogP contribution in [0.4, 0.5) is 0 Å². The molecular formula is C20H30N2O5. The highest BCUT2D eigenvalue weighted by molar-refractivity contribution is 5.76. The summed E-state index contributed by atoms with van der Waals surface area (Å²) < 4.78 is 11.2. The van der Waals surface area contributed by atoms with Crippen molar-refractivity contribution in [2.75, 3.05) is 46.4 Å². The number of aryl methyl sites for hydroxylation is 1. The highest BCUT2D eigenvalue weighted by Gasteiger charge is 2.25. The molecule has 150 valence electrons. The number of likely N-dealkylation sites (N-methyl/N-ethyl adjacent to an activating group) is 1. The summed E-state index contributed by atoms with van der Waals surface area (Å²) in [6.07, 6.45) is 1.96. The molecule has 1 aromatic rings. The molecule has 1 unspecified atom stereocenters. The first-order valence-corrected chi connectivity index (χ1v) is 9.49. The fourth-order valence-electron chi connectivity index (χ4n) is 3.08. The van der Waals surface area contributed by atoms with Crippen molar-refractivity contribution < 1.29 is 24.2 Å². The summed E-state index contributed by atoms with van der Waals surface area (Å²) in [5.74, 6) is 0.0938. The van der Waals surface area contributed by atoms with Crippen LogP contribution in [0.3, 0.4) is 0 Å². The van der Waals surface area contributed by atoms with Gasteiger partial charge in [-0.2, -0.15) is 0 Å². The fraction of sp³-hybridized carbons (Fsp3) is 0.600. The number of hydrogen-bond donors (Lipinski definition) is 1. The molecule has 1 aromatic carbocycles. The molecule has 7 heteroatoms. The van der Waals surface area contributed by atoms with Crippen molar-refractivity contribution in [3.05, 3.63) is 29.8 Å². The van der Waals surface area contributed by atoms with Crippen molar-refractivity contribution in [2.45, 2.75) is 32.3 Å². The van der Waals surface area contributed by atoms with E-state index in [0.29, 0.717) is 45.7 Å². The molecule has 7 nitrogen and oxygen atoms in total. The number of hydrogen-bond acceptors (Lipinski definition) is 5. The van der Waals surface area contributed by atoms with E-state index >= 15 is 0 Å². The van der Waals surface area contributed by atoms with Gasteiger partial charge in [0.15, 0.2) is 0 Å². The lowest BCUT2D eigenvalue weighted by atomic mass is 10.1. The summed E-state index contributed by atoms with van der Waals surface area (Å²) in [4.78, 5) is 26.8. The van der Waals surface area contributed by atoms with Gasteiger partial charge in [-0.15, -0.1) is 0 Å². The van der Waals surface area contributed by atoms with E-state index in [1.807, 2.05) is 29.2 Å². The zero-order valence-corrected chi connectivity index (χ0v) is 16.2. The molecule has 0 spiro atoms. The van der Waals surface area contributed by atoms with E-state index in [1.54, 1.807) is 11.9 Å². The smallest absolute Gasteiger partial charge is 0.317 e. The zero-order valence-electron chi connectivity index (χ0n) is 16.2. The third-order valence-corrected chi connectivity index (χ3v) is 4.44. The van der Waals surface area contributed by atoms with Crippen molar-refractivity contribution >= 4 is 11.9 Å². The van der Waals surface area contributed by atoms with E-state index in [2.05, 4.69) is 6.92 Å². The summed E-state index contributed by atoms with van der Waals surface area (Å²) in [7, 11) is 1.74. The lowest BCUT2D eigenvalue weighted by molar-refractivity contribution is -0.142. The molecule has 1 atom stereocenters. The van der Waals surface area contributed by atoms with Gasteiger partial charge in [-0.05, 0) is 37.6 Å². The number of ether oxygens (including phenoxy) is 2. The van der Waals surface area contributed by atoms with Crippen LogP contribution in [-0.4, -0.2) is 79.3 Å². The van der Waals surface area contributed by atoms with Gasteiger partial charge >= 0.3 is 5.97 Å². The number of carboxylic acid groups (broad SMARTS) is 1. The first-order chi connectivity index (χ1) is 13.0. The molecule has 0 aliphatic carbocycles. The van der Waals surface area contributed by atoms with Gasteiger partial charge in [0, 0.05) is 26.1 Å².